The highest BCUT2D eigenvalue weighted by atomic mass is 19.2. The molecule has 2 rings (SSSR count). The highest BCUT2D eigenvalue weighted by Crippen LogP contribution is 2.23. The number of amides is 2. The quantitative estimate of drug-likeness (QED) is 0.901. The molecule has 2 amide bonds. The van der Waals surface area contributed by atoms with Gasteiger partial charge in [-0.15, -0.1) is 0 Å². The molecule has 0 bridgehead atoms. The van der Waals surface area contributed by atoms with Crippen LogP contribution in [0.2, 0.25) is 0 Å². The van der Waals surface area contributed by atoms with E-state index in [1.54, 1.807) is 4.90 Å². The fourth-order valence-electron chi connectivity index (χ4n) is 2.37. The molecule has 0 aromatic heterocycles. The minimum Gasteiger partial charge on any atom is -0.478 e. The first-order chi connectivity index (χ1) is 9.92. The second-order valence-electron chi connectivity index (χ2n) is 5.06. The predicted octanol–water partition coefficient (Wildman–Crippen LogP) is 2.93. The van der Waals surface area contributed by atoms with Crippen LogP contribution in [0.1, 0.15) is 30.1 Å². The number of carboxylic acid groups (broad SMARTS) is 1. The third-order valence-electron chi connectivity index (χ3n) is 3.68. The van der Waals surface area contributed by atoms with Crippen molar-refractivity contribution in [3.05, 3.63) is 29.3 Å². The van der Waals surface area contributed by atoms with E-state index in [0.717, 1.165) is 12.8 Å². The largest absolute Gasteiger partial charge is 0.478 e. The maximum Gasteiger partial charge on any atom is 0.337 e. The van der Waals surface area contributed by atoms with E-state index in [1.165, 1.54) is 0 Å². The number of likely N-dealkylation sites (tertiary alicyclic amines) is 1. The van der Waals surface area contributed by atoms with Gasteiger partial charge >= 0.3 is 12.0 Å². The monoisotopic (exact) mass is 298 g/mol. The lowest BCUT2D eigenvalue weighted by Crippen LogP contribution is -2.33. The number of carbonyl (C=O) groups is 2. The number of rotatable bonds is 3. The molecule has 1 atom stereocenters. The number of aromatic carboxylic acids is 1. The summed E-state index contributed by atoms with van der Waals surface area (Å²) in [5, 5.41) is 11.3. The molecule has 1 fully saturated rings. The third-order valence-corrected chi connectivity index (χ3v) is 3.68. The van der Waals surface area contributed by atoms with Crippen LogP contribution >= 0.6 is 0 Å². The highest BCUT2D eigenvalue weighted by Gasteiger charge is 2.26. The van der Waals surface area contributed by atoms with Crippen LogP contribution in [0.4, 0.5) is 19.3 Å². The molecule has 0 spiro atoms. The molecule has 7 heteroatoms. The first kappa shape index (κ1) is 15.2. The summed E-state index contributed by atoms with van der Waals surface area (Å²) in [5.74, 6) is -3.49. The van der Waals surface area contributed by atoms with E-state index in [1.807, 2.05) is 6.92 Å². The maximum absolute atomic E-state index is 13.2. The minimum atomic E-state index is -1.43. The summed E-state index contributed by atoms with van der Waals surface area (Å²) in [5.41, 5.74) is -0.722. The van der Waals surface area contributed by atoms with Crippen LogP contribution in [-0.4, -0.2) is 35.1 Å². The van der Waals surface area contributed by atoms with Crippen molar-refractivity contribution in [2.45, 2.75) is 19.8 Å². The Kier molecular flexibility index (Phi) is 4.40. The lowest BCUT2D eigenvalue weighted by molar-refractivity contribution is 0.0697. The van der Waals surface area contributed by atoms with Crippen LogP contribution in [0.15, 0.2) is 12.1 Å². The summed E-state index contributed by atoms with van der Waals surface area (Å²) in [6.07, 6.45) is 1.84. The van der Waals surface area contributed by atoms with E-state index in [2.05, 4.69) is 5.32 Å². The number of hydrogen-bond donors (Lipinski definition) is 2. The van der Waals surface area contributed by atoms with E-state index < -0.39 is 29.2 Å². The van der Waals surface area contributed by atoms with Crippen LogP contribution in [0.3, 0.4) is 0 Å². The summed E-state index contributed by atoms with van der Waals surface area (Å²) in [6.45, 7) is 3.18. The molecule has 1 aromatic rings. The standard InChI is InChI=1S/C14H16F2N2O3/c1-2-8-3-4-18(7-8)14(21)17-12-6-11(16)10(15)5-9(12)13(19)20/h5-6,8H,2-4,7H2,1H3,(H,17,21)(H,19,20). The van der Waals surface area contributed by atoms with Gasteiger partial charge in [0, 0.05) is 19.2 Å². The molecular formula is C14H16F2N2O3. The van der Waals surface area contributed by atoms with Gasteiger partial charge in [-0.05, 0) is 18.4 Å². The van der Waals surface area contributed by atoms with Gasteiger partial charge in [-0.1, -0.05) is 13.3 Å². The molecule has 1 heterocycles. The number of anilines is 1. The normalized spacial score (nSPS) is 17.9. The molecule has 1 saturated heterocycles. The van der Waals surface area contributed by atoms with Crippen molar-refractivity contribution in [2.75, 3.05) is 18.4 Å². The average Bonchev–Trinajstić information content (AvgIpc) is 2.91. The SMILES string of the molecule is CCC1CCN(C(=O)Nc2cc(F)c(F)cc2C(=O)O)C1. The lowest BCUT2D eigenvalue weighted by atomic mass is 10.1. The molecule has 21 heavy (non-hydrogen) atoms. The zero-order valence-electron chi connectivity index (χ0n) is 11.5. The third kappa shape index (κ3) is 3.29. The van der Waals surface area contributed by atoms with Crippen LogP contribution in [0.25, 0.3) is 0 Å². The zero-order valence-corrected chi connectivity index (χ0v) is 11.5. The number of urea groups is 1. The zero-order chi connectivity index (χ0) is 15.6. The van der Waals surface area contributed by atoms with Crippen molar-refractivity contribution >= 4 is 17.7 Å². The number of hydrogen-bond acceptors (Lipinski definition) is 2. The van der Waals surface area contributed by atoms with E-state index in [-0.39, 0.29) is 5.69 Å². The van der Waals surface area contributed by atoms with Crippen molar-refractivity contribution in [1.82, 2.24) is 4.90 Å². The number of carbonyl (C=O) groups excluding carboxylic acids is 1. The molecular weight excluding hydrogens is 282 g/mol. The summed E-state index contributed by atoms with van der Waals surface area (Å²) >= 11 is 0. The number of nitrogens with zero attached hydrogens (tertiary/aromatic N) is 1. The average molecular weight is 298 g/mol. The maximum atomic E-state index is 13.2. The van der Waals surface area contributed by atoms with E-state index in [9.17, 15) is 18.4 Å². The van der Waals surface area contributed by atoms with Gasteiger partial charge in [-0.2, -0.15) is 0 Å². The van der Waals surface area contributed by atoms with Crippen molar-refractivity contribution in [1.29, 1.82) is 0 Å². The topological polar surface area (TPSA) is 69.6 Å². The van der Waals surface area contributed by atoms with Crippen molar-refractivity contribution in [3.8, 4) is 0 Å². The van der Waals surface area contributed by atoms with E-state index >= 15 is 0 Å². The Bertz CT molecular complexity index is 578. The Morgan fingerprint density at radius 1 is 1.38 bits per heavy atom. The summed E-state index contributed by atoms with van der Waals surface area (Å²) in [6, 6.07) is 0.746. The molecule has 2 N–H and O–H groups in total. The minimum absolute atomic E-state index is 0.244. The summed E-state index contributed by atoms with van der Waals surface area (Å²) < 4.78 is 26.3. The molecule has 0 aliphatic carbocycles. The van der Waals surface area contributed by atoms with Gasteiger partial charge in [0.05, 0.1) is 11.3 Å². The molecule has 0 saturated carbocycles. The first-order valence-corrected chi connectivity index (χ1v) is 6.70. The molecule has 0 radical (unpaired) electrons. The number of halogens is 2. The van der Waals surface area contributed by atoms with Crippen LogP contribution in [0, 0.1) is 17.6 Å². The molecule has 1 unspecified atom stereocenters. The Hall–Kier alpha value is -2.18. The van der Waals surface area contributed by atoms with Gasteiger partial charge in [-0.3, -0.25) is 0 Å². The van der Waals surface area contributed by atoms with Gasteiger partial charge in [0.15, 0.2) is 11.6 Å². The highest BCUT2D eigenvalue weighted by molar-refractivity contribution is 6.00. The first-order valence-electron chi connectivity index (χ1n) is 6.70. The summed E-state index contributed by atoms with van der Waals surface area (Å²) in [7, 11) is 0. The van der Waals surface area contributed by atoms with Crippen molar-refractivity contribution in [3.63, 3.8) is 0 Å². The Labute approximate surface area is 120 Å². The smallest absolute Gasteiger partial charge is 0.337 e. The Balaban J connectivity index is 2.17. The Morgan fingerprint density at radius 3 is 2.62 bits per heavy atom. The van der Waals surface area contributed by atoms with E-state index in [0.29, 0.717) is 31.1 Å². The van der Waals surface area contributed by atoms with E-state index in [4.69, 9.17) is 5.11 Å². The number of carboxylic acids is 1. The van der Waals surface area contributed by atoms with Crippen LogP contribution < -0.4 is 5.32 Å². The van der Waals surface area contributed by atoms with Gasteiger partial charge in [0.1, 0.15) is 0 Å². The fraction of sp³-hybridized carbons (Fsp3) is 0.429. The fourth-order valence-corrected chi connectivity index (χ4v) is 2.37. The molecule has 1 aliphatic heterocycles. The van der Waals surface area contributed by atoms with Crippen LogP contribution in [-0.2, 0) is 0 Å². The van der Waals surface area contributed by atoms with Crippen LogP contribution in [0.5, 0.6) is 0 Å². The number of nitrogens with one attached hydrogen (secondary N) is 1. The molecule has 114 valence electrons. The van der Waals surface area contributed by atoms with Gasteiger partial charge in [-0.25, -0.2) is 18.4 Å². The molecule has 5 nitrogen and oxygen atoms in total. The Morgan fingerprint density at radius 2 is 2.05 bits per heavy atom. The van der Waals surface area contributed by atoms with Gasteiger partial charge in [0.2, 0.25) is 0 Å². The molecule has 1 aliphatic rings. The van der Waals surface area contributed by atoms with Crippen molar-refractivity contribution in [2.24, 2.45) is 5.92 Å². The van der Waals surface area contributed by atoms with Crippen molar-refractivity contribution < 1.29 is 23.5 Å². The number of benzene rings is 1. The van der Waals surface area contributed by atoms with Gasteiger partial charge in [0.25, 0.3) is 0 Å². The van der Waals surface area contributed by atoms with Gasteiger partial charge < -0.3 is 15.3 Å². The second-order valence-corrected chi connectivity index (χ2v) is 5.06. The molecule has 1 aromatic carbocycles. The lowest BCUT2D eigenvalue weighted by Gasteiger charge is -2.18. The summed E-state index contributed by atoms with van der Waals surface area (Å²) in [4.78, 5) is 24.6. The predicted molar refractivity (Wildman–Crippen MR) is 72.3 cm³/mol. The second kappa shape index (κ2) is 6.07.